The number of carbonyl (C=O) groups is 1. The van der Waals surface area contributed by atoms with Gasteiger partial charge in [-0.2, -0.15) is 0 Å². The highest BCUT2D eigenvalue weighted by Crippen LogP contribution is 2.36. The zero-order valence-corrected chi connectivity index (χ0v) is 17.4. The lowest BCUT2D eigenvalue weighted by Gasteiger charge is -2.10. The molecule has 0 aliphatic heterocycles. The van der Waals surface area contributed by atoms with E-state index in [0.29, 0.717) is 33.2 Å². The molecular weight excluding hydrogens is 398 g/mol. The van der Waals surface area contributed by atoms with Crippen LogP contribution in [0, 0.1) is 0 Å². The number of rotatable bonds is 7. The minimum atomic E-state index is -3.74. The normalized spacial score (nSPS) is 11.4. The Morgan fingerprint density at radius 3 is 2.50 bits per heavy atom. The number of hydrogen-bond donors (Lipinski definition) is 2. The van der Waals surface area contributed by atoms with E-state index >= 15 is 0 Å². The fraction of sp³-hybridized carbons (Fsp3) is 0.263. The van der Waals surface area contributed by atoms with E-state index in [4.69, 9.17) is 4.74 Å². The topological polar surface area (TPSA) is 97.4 Å². The molecule has 0 saturated carbocycles. The van der Waals surface area contributed by atoms with Crippen molar-refractivity contribution in [3.63, 3.8) is 0 Å². The molecule has 0 unspecified atom stereocenters. The Morgan fingerprint density at radius 1 is 1.18 bits per heavy atom. The van der Waals surface area contributed by atoms with Gasteiger partial charge in [0.2, 0.25) is 5.91 Å². The fourth-order valence-electron chi connectivity index (χ4n) is 2.59. The van der Waals surface area contributed by atoms with Gasteiger partial charge in [-0.1, -0.05) is 37.3 Å². The average Bonchev–Trinajstić information content (AvgIpc) is 3.09. The van der Waals surface area contributed by atoms with Crippen molar-refractivity contribution in [3.8, 4) is 5.75 Å². The predicted molar refractivity (Wildman–Crippen MR) is 112 cm³/mol. The van der Waals surface area contributed by atoms with Gasteiger partial charge in [-0.25, -0.2) is 13.4 Å². The first-order chi connectivity index (χ1) is 13.4. The number of nitrogens with zero attached hydrogens (tertiary/aromatic N) is 1. The van der Waals surface area contributed by atoms with E-state index in [1.165, 1.54) is 18.4 Å². The van der Waals surface area contributed by atoms with Crippen LogP contribution in [0.5, 0.6) is 5.75 Å². The van der Waals surface area contributed by atoms with Gasteiger partial charge in [0.1, 0.15) is 11.3 Å². The molecule has 9 heteroatoms. The van der Waals surface area contributed by atoms with E-state index in [1.54, 1.807) is 43.3 Å². The maximum absolute atomic E-state index is 12.7. The van der Waals surface area contributed by atoms with E-state index in [2.05, 4.69) is 15.0 Å². The molecule has 0 atom stereocenters. The van der Waals surface area contributed by atoms with Crippen molar-refractivity contribution >= 4 is 48.3 Å². The molecule has 0 radical (unpaired) electrons. The maximum Gasteiger partial charge on any atom is 0.261 e. The molecule has 28 heavy (non-hydrogen) atoms. The van der Waals surface area contributed by atoms with Crippen LogP contribution in [-0.2, 0) is 21.2 Å². The first-order valence-electron chi connectivity index (χ1n) is 8.76. The van der Waals surface area contributed by atoms with Crippen LogP contribution in [0.15, 0.2) is 41.3 Å². The second-order valence-corrected chi connectivity index (χ2v) is 8.76. The largest absolute Gasteiger partial charge is 0.494 e. The molecule has 3 rings (SSSR count). The van der Waals surface area contributed by atoms with Crippen molar-refractivity contribution in [2.45, 2.75) is 31.6 Å². The summed E-state index contributed by atoms with van der Waals surface area (Å²) in [6.45, 7) is 3.76. The smallest absolute Gasteiger partial charge is 0.261 e. The minimum absolute atomic E-state index is 0.144. The lowest BCUT2D eigenvalue weighted by molar-refractivity contribution is -0.115. The molecule has 0 fully saturated rings. The monoisotopic (exact) mass is 419 g/mol. The number of thiazole rings is 1. The highest BCUT2D eigenvalue weighted by molar-refractivity contribution is 7.92. The maximum atomic E-state index is 12.7. The molecule has 2 aromatic carbocycles. The molecule has 1 amide bonds. The number of hydrogen-bond acceptors (Lipinski definition) is 6. The third-order valence-electron chi connectivity index (χ3n) is 4.14. The SMILES string of the molecule is CCC(=O)Nc1nc2c(OC)cc(NS(=O)(=O)c3ccc(CC)cc3)cc2s1. The number of aryl methyl sites for hydroxylation is 1. The van der Waals surface area contributed by atoms with Crippen molar-refractivity contribution < 1.29 is 17.9 Å². The van der Waals surface area contributed by atoms with Gasteiger partial charge in [0, 0.05) is 12.5 Å². The molecule has 0 spiro atoms. The molecule has 7 nitrogen and oxygen atoms in total. The number of methoxy groups -OCH3 is 1. The number of anilines is 2. The summed E-state index contributed by atoms with van der Waals surface area (Å²) in [6.07, 6.45) is 1.18. The zero-order chi connectivity index (χ0) is 20.3. The fourth-order valence-corrected chi connectivity index (χ4v) is 4.57. The van der Waals surface area contributed by atoms with Crippen molar-refractivity contribution in [3.05, 3.63) is 42.0 Å². The number of ether oxygens (including phenoxy) is 1. The van der Waals surface area contributed by atoms with Gasteiger partial charge >= 0.3 is 0 Å². The second kappa shape index (κ2) is 8.15. The van der Waals surface area contributed by atoms with Gasteiger partial charge in [-0.05, 0) is 30.2 Å². The number of aromatic nitrogens is 1. The molecule has 3 aromatic rings. The Balaban J connectivity index is 1.94. The summed E-state index contributed by atoms with van der Waals surface area (Å²) in [4.78, 5) is 16.2. The van der Waals surface area contributed by atoms with E-state index in [-0.39, 0.29) is 10.8 Å². The standard InChI is InChI=1S/C19H21N3O4S2/c1-4-12-6-8-14(9-7-12)28(24,25)22-13-10-15(26-3)18-16(11-13)27-19(21-18)20-17(23)5-2/h6-11,22H,4-5H2,1-3H3,(H,20,21,23). The highest BCUT2D eigenvalue weighted by Gasteiger charge is 2.17. The van der Waals surface area contributed by atoms with Crippen molar-refractivity contribution in [2.24, 2.45) is 0 Å². The molecule has 0 aliphatic rings. The van der Waals surface area contributed by atoms with Gasteiger partial charge in [0.25, 0.3) is 10.0 Å². The van der Waals surface area contributed by atoms with Gasteiger partial charge in [-0.15, -0.1) is 0 Å². The number of carbonyl (C=O) groups excluding carboxylic acids is 1. The van der Waals surface area contributed by atoms with Crippen LogP contribution in [0.1, 0.15) is 25.8 Å². The first-order valence-corrected chi connectivity index (χ1v) is 11.1. The number of benzene rings is 2. The molecular formula is C19H21N3O4S2. The van der Waals surface area contributed by atoms with E-state index in [1.807, 2.05) is 6.92 Å². The van der Waals surface area contributed by atoms with Crippen LogP contribution < -0.4 is 14.8 Å². The molecule has 1 aromatic heterocycles. The first kappa shape index (κ1) is 20.1. The van der Waals surface area contributed by atoms with Crippen LogP contribution in [0.2, 0.25) is 0 Å². The third-order valence-corrected chi connectivity index (χ3v) is 6.46. The van der Waals surface area contributed by atoms with Crippen LogP contribution >= 0.6 is 11.3 Å². The lowest BCUT2D eigenvalue weighted by Crippen LogP contribution is -2.13. The quantitative estimate of drug-likeness (QED) is 0.603. The Morgan fingerprint density at radius 2 is 1.89 bits per heavy atom. The Hall–Kier alpha value is -2.65. The number of sulfonamides is 1. The Bertz CT molecular complexity index is 1110. The summed E-state index contributed by atoms with van der Waals surface area (Å²) >= 11 is 1.25. The minimum Gasteiger partial charge on any atom is -0.494 e. The van der Waals surface area contributed by atoms with Crippen LogP contribution in [-0.4, -0.2) is 26.4 Å². The summed E-state index contributed by atoms with van der Waals surface area (Å²) in [5, 5.41) is 3.15. The molecule has 2 N–H and O–H groups in total. The molecule has 0 saturated heterocycles. The number of amides is 1. The zero-order valence-electron chi connectivity index (χ0n) is 15.8. The number of nitrogens with one attached hydrogen (secondary N) is 2. The van der Waals surface area contributed by atoms with Crippen molar-refractivity contribution in [2.75, 3.05) is 17.1 Å². The van der Waals surface area contributed by atoms with Crippen molar-refractivity contribution in [1.29, 1.82) is 0 Å². The predicted octanol–water partition coefficient (Wildman–Crippen LogP) is 4.02. The van der Waals surface area contributed by atoms with Gasteiger partial charge in [0.15, 0.2) is 5.13 Å². The second-order valence-electron chi connectivity index (χ2n) is 6.05. The lowest BCUT2D eigenvalue weighted by atomic mass is 10.2. The Labute approximate surface area is 167 Å². The van der Waals surface area contributed by atoms with Gasteiger partial charge < -0.3 is 10.1 Å². The molecule has 0 bridgehead atoms. The molecule has 148 valence electrons. The van der Waals surface area contributed by atoms with E-state index in [9.17, 15) is 13.2 Å². The highest BCUT2D eigenvalue weighted by atomic mass is 32.2. The summed E-state index contributed by atoms with van der Waals surface area (Å²) in [5.74, 6) is 0.277. The molecule has 0 aliphatic carbocycles. The van der Waals surface area contributed by atoms with Crippen LogP contribution in [0.4, 0.5) is 10.8 Å². The van der Waals surface area contributed by atoms with Crippen molar-refractivity contribution in [1.82, 2.24) is 4.98 Å². The number of fused-ring (bicyclic) bond motifs is 1. The van der Waals surface area contributed by atoms with E-state index in [0.717, 1.165) is 12.0 Å². The average molecular weight is 420 g/mol. The Kier molecular flexibility index (Phi) is 5.85. The summed E-state index contributed by atoms with van der Waals surface area (Å²) < 4.78 is 34.1. The van der Waals surface area contributed by atoms with Gasteiger partial charge in [-0.3, -0.25) is 9.52 Å². The molecule has 1 heterocycles. The van der Waals surface area contributed by atoms with Crippen LogP contribution in [0.25, 0.3) is 10.2 Å². The summed E-state index contributed by atoms with van der Waals surface area (Å²) in [7, 11) is -2.25. The van der Waals surface area contributed by atoms with E-state index < -0.39 is 10.0 Å². The van der Waals surface area contributed by atoms with Crippen LogP contribution in [0.3, 0.4) is 0 Å². The summed E-state index contributed by atoms with van der Waals surface area (Å²) in [6, 6.07) is 10.0. The van der Waals surface area contributed by atoms with Gasteiger partial charge in [0.05, 0.1) is 22.4 Å². The third kappa shape index (κ3) is 4.26. The summed E-state index contributed by atoms with van der Waals surface area (Å²) in [5.41, 5.74) is 1.99.